The van der Waals surface area contributed by atoms with Crippen molar-refractivity contribution in [2.45, 2.75) is 32.9 Å². The van der Waals surface area contributed by atoms with Gasteiger partial charge in [0.15, 0.2) is 11.9 Å². The zero-order valence-corrected chi connectivity index (χ0v) is 19.0. The lowest BCUT2D eigenvalue weighted by Gasteiger charge is -2.15. The zero-order valence-electron chi connectivity index (χ0n) is 18.2. The third-order valence-electron chi connectivity index (χ3n) is 5.44. The minimum atomic E-state index is -1.00. The van der Waals surface area contributed by atoms with E-state index in [4.69, 9.17) is 21.1 Å². The van der Waals surface area contributed by atoms with Gasteiger partial charge in [-0.2, -0.15) is 0 Å². The lowest BCUT2D eigenvalue weighted by atomic mass is 10.2. The molecule has 0 bridgehead atoms. The summed E-state index contributed by atoms with van der Waals surface area (Å²) >= 11 is 5.97. The molecule has 1 N–H and O–H groups in total. The van der Waals surface area contributed by atoms with Crippen LogP contribution >= 0.6 is 11.6 Å². The Morgan fingerprint density at radius 3 is 2.52 bits per heavy atom. The number of rotatable bonds is 8. The summed E-state index contributed by atoms with van der Waals surface area (Å²) in [4.78, 5) is 11.3. The smallest absolute Gasteiger partial charge is 0.344 e. The third-order valence-corrected chi connectivity index (χ3v) is 5.69. The predicted molar refractivity (Wildman–Crippen MR) is 126 cm³/mol. The average Bonchev–Trinajstić information content (AvgIpc) is 3.06. The number of carboxylic acids is 1. The maximum absolute atomic E-state index is 14.9. The number of hydrogen-bond donors (Lipinski definition) is 1. The fourth-order valence-corrected chi connectivity index (χ4v) is 3.89. The molecular weight excluding hydrogens is 445 g/mol. The minimum Gasteiger partial charge on any atom is -0.479 e. The average molecular weight is 468 g/mol. The van der Waals surface area contributed by atoms with Crippen molar-refractivity contribution in [2.24, 2.45) is 0 Å². The maximum atomic E-state index is 14.9. The van der Waals surface area contributed by atoms with Crippen molar-refractivity contribution in [3.8, 4) is 17.2 Å². The Labute approximate surface area is 195 Å². The van der Waals surface area contributed by atoms with Gasteiger partial charge >= 0.3 is 5.97 Å². The molecule has 0 saturated heterocycles. The molecule has 1 aromatic heterocycles. The number of carboxylic acid groups (broad SMARTS) is 1. The second-order valence-electron chi connectivity index (χ2n) is 7.69. The first-order valence-corrected chi connectivity index (χ1v) is 10.9. The minimum absolute atomic E-state index is 0.353. The summed E-state index contributed by atoms with van der Waals surface area (Å²) in [5.41, 5.74) is 2.34. The van der Waals surface area contributed by atoms with Gasteiger partial charge in [0.25, 0.3) is 0 Å². The van der Waals surface area contributed by atoms with Crippen LogP contribution in [0.3, 0.4) is 0 Å². The van der Waals surface area contributed by atoms with Gasteiger partial charge in [-0.05, 0) is 67.4 Å². The quantitative estimate of drug-likeness (QED) is 0.308. The van der Waals surface area contributed by atoms with E-state index < -0.39 is 12.1 Å². The number of nitrogens with zero attached hydrogens (tertiary/aromatic N) is 1. The molecule has 0 fully saturated rings. The molecule has 33 heavy (non-hydrogen) atoms. The van der Waals surface area contributed by atoms with Crippen molar-refractivity contribution < 1.29 is 23.8 Å². The molecule has 0 saturated carbocycles. The number of carbonyl (C=O) groups is 1. The van der Waals surface area contributed by atoms with Crippen LogP contribution in [0.1, 0.15) is 24.6 Å². The van der Waals surface area contributed by atoms with Gasteiger partial charge < -0.3 is 19.1 Å². The Balaban J connectivity index is 1.71. The molecule has 1 heterocycles. The molecule has 1 unspecified atom stereocenters. The summed E-state index contributed by atoms with van der Waals surface area (Å²) in [5.74, 6) is 0.0890. The van der Waals surface area contributed by atoms with Gasteiger partial charge in [0.05, 0.1) is 16.6 Å². The molecule has 0 spiro atoms. The molecule has 0 aliphatic heterocycles. The van der Waals surface area contributed by atoms with Crippen molar-refractivity contribution in [3.05, 3.63) is 88.8 Å². The maximum Gasteiger partial charge on any atom is 0.344 e. The Morgan fingerprint density at radius 2 is 1.82 bits per heavy atom. The van der Waals surface area contributed by atoms with E-state index in [1.165, 1.54) is 6.07 Å². The second-order valence-corrected chi connectivity index (χ2v) is 8.13. The highest BCUT2D eigenvalue weighted by molar-refractivity contribution is 6.30. The fraction of sp³-hybridized carbons (Fsp3) is 0.192. The Kier molecular flexibility index (Phi) is 6.56. The topological polar surface area (TPSA) is 60.7 Å². The number of fused-ring (bicyclic) bond motifs is 1. The fourth-order valence-electron chi connectivity index (χ4n) is 3.77. The molecule has 0 radical (unpaired) electrons. The number of hydrogen-bond acceptors (Lipinski definition) is 3. The number of ether oxygens (including phenoxy) is 2. The van der Waals surface area contributed by atoms with E-state index in [-0.39, 0.29) is 5.82 Å². The third kappa shape index (κ3) is 4.81. The van der Waals surface area contributed by atoms with E-state index in [1.807, 2.05) is 29.7 Å². The van der Waals surface area contributed by atoms with Crippen molar-refractivity contribution >= 4 is 28.5 Å². The van der Waals surface area contributed by atoms with Crippen molar-refractivity contribution in [2.75, 3.05) is 0 Å². The monoisotopic (exact) mass is 467 g/mol. The van der Waals surface area contributed by atoms with Gasteiger partial charge in [-0.1, -0.05) is 36.7 Å². The summed E-state index contributed by atoms with van der Waals surface area (Å²) in [7, 11) is 0. The van der Waals surface area contributed by atoms with Gasteiger partial charge in [0.2, 0.25) is 0 Å². The molecule has 4 rings (SSSR count). The Bertz CT molecular complexity index is 1300. The predicted octanol–water partition coefficient (Wildman–Crippen LogP) is 6.82. The summed E-state index contributed by atoms with van der Waals surface area (Å²) < 4.78 is 28.6. The summed E-state index contributed by atoms with van der Waals surface area (Å²) in [5, 5.41) is 10.3. The van der Waals surface area contributed by atoms with Crippen LogP contribution in [0.5, 0.6) is 17.2 Å². The summed E-state index contributed by atoms with van der Waals surface area (Å²) in [6.07, 6.45) is -0.561. The first-order chi connectivity index (χ1) is 15.9. The summed E-state index contributed by atoms with van der Waals surface area (Å²) in [6.45, 7) is 4.06. The van der Waals surface area contributed by atoms with E-state index >= 15 is 0 Å². The van der Waals surface area contributed by atoms with Gasteiger partial charge in [-0.15, -0.1) is 0 Å². The first-order valence-electron chi connectivity index (χ1n) is 10.6. The Hall–Kier alpha value is -3.51. The molecule has 4 aromatic rings. The molecule has 0 amide bonds. The molecule has 5 nitrogen and oxygen atoms in total. The van der Waals surface area contributed by atoms with Gasteiger partial charge in [0.1, 0.15) is 17.3 Å². The van der Waals surface area contributed by atoms with E-state index in [0.717, 1.165) is 11.3 Å². The van der Waals surface area contributed by atoms with E-state index in [0.29, 0.717) is 46.1 Å². The zero-order chi connectivity index (χ0) is 23.5. The number of aliphatic carboxylic acids is 1. The molecular formula is C26H23ClFNO4. The summed E-state index contributed by atoms with van der Waals surface area (Å²) in [6, 6.07) is 19.1. The first kappa shape index (κ1) is 22.7. The van der Waals surface area contributed by atoms with Crippen LogP contribution in [0, 0.1) is 12.7 Å². The highest BCUT2D eigenvalue weighted by Gasteiger charge is 2.20. The number of aromatic nitrogens is 1. The van der Waals surface area contributed by atoms with E-state index in [1.54, 1.807) is 49.4 Å². The number of halogens is 2. The van der Waals surface area contributed by atoms with E-state index in [2.05, 4.69) is 0 Å². The van der Waals surface area contributed by atoms with Crippen LogP contribution in [0.25, 0.3) is 10.9 Å². The second kappa shape index (κ2) is 9.55. The SMILES string of the molecule is CCC(Oc1cccc(Cn2c(C)c(Oc3ccc(Cl)cc3)c3c(F)cccc32)c1)C(=O)O. The molecule has 1 atom stereocenters. The van der Waals surface area contributed by atoms with Crippen LogP contribution in [0.15, 0.2) is 66.7 Å². The highest BCUT2D eigenvalue weighted by Crippen LogP contribution is 2.38. The number of benzene rings is 3. The lowest BCUT2D eigenvalue weighted by molar-refractivity contribution is -0.145. The van der Waals surface area contributed by atoms with Gasteiger partial charge in [-0.25, -0.2) is 9.18 Å². The Morgan fingerprint density at radius 1 is 1.09 bits per heavy atom. The van der Waals surface area contributed by atoms with Gasteiger partial charge in [0, 0.05) is 11.6 Å². The van der Waals surface area contributed by atoms with Crippen LogP contribution in [0.4, 0.5) is 4.39 Å². The normalized spacial score (nSPS) is 12.0. The van der Waals surface area contributed by atoms with Crippen LogP contribution in [-0.4, -0.2) is 21.7 Å². The molecule has 0 aliphatic carbocycles. The van der Waals surface area contributed by atoms with Crippen molar-refractivity contribution in [1.82, 2.24) is 4.57 Å². The molecule has 7 heteroatoms. The highest BCUT2D eigenvalue weighted by atomic mass is 35.5. The van der Waals surface area contributed by atoms with Crippen LogP contribution in [-0.2, 0) is 11.3 Å². The van der Waals surface area contributed by atoms with Gasteiger partial charge in [-0.3, -0.25) is 0 Å². The van der Waals surface area contributed by atoms with Crippen molar-refractivity contribution in [1.29, 1.82) is 0 Å². The molecule has 3 aromatic carbocycles. The lowest BCUT2D eigenvalue weighted by Crippen LogP contribution is -2.25. The van der Waals surface area contributed by atoms with Crippen LogP contribution < -0.4 is 9.47 Å². The van der Waals surface area contributed by atoms with E-state index in [9.17, 15) is 14.3 Å². The largest absolute Gasteiger partial charge is 0.479 e. The molecule has 170 valence electrons. The van der Waals surface area contributed by atoms with Crippen LogP contribution in [0.2, 0.25) is 5.02 Å². The standard InChI is InChI=1S/C26H23ClFNO4/c1-3-23(26(30)31)32-20-7-4-6-17(14-20)15-29-16(2)25(24-21(28)8-5-9-22(24)29)33-19-12-10-18(27)11-13-19/h4-14,23H,3,15H2,1-2H3,(H,30,31). The molecule has 0 aliphatic rings. The van der Waals surface area contributed by atoms with Crippen molar-refractivity contribution in [3.63, 3.8) is 0 Å².